The zero-order chi connectivity index (χ0) is 21.5. The summed E-state index contributed by atoms with van der Waals surface area (Å²) in [6, 6.07) is 2.20. The fourth-order valence-corrected chi connectivity index (χ4v) is 5.73. The topological polar surface area (TPSA) is 110 Å². The molecule has 3 heterocycles. The second-order valence-electron chi connectivity index (χ2n) is 6.67. The molecule has 1 amide bonds. The molecule has 0 saturated carbocycles. The lowest BCUT2D eigenvalue weighted by molar-refractivity contribution is 0.102. The Kier molecular flexibility index (Phi) is 5.34. The van der Waals surface area contributed by atoms with Crippen LogP contribution in [0.2, 0.25) is 0 Å². The number of carbonyl (C=O) groups excluding carboxylic acids is 1. The Balaban J connectivity index is 1.54. The molecule has 0 unspecified atom stereocenters. The number of amides is 1. The number of nitrogens with one attached hydrogen (secondary N) is 1. The summed E-state index contributed by atoms with van der Waals surface area (Å²) in [5, 5.41) is 10.3. The van der Waals surface area contributed by atoms with Crippen LogP contribution in [-0.2, 0) is 17.1 Å². The number of halogens is 2. The molecule has 0 spiro atoms. The fraction of sp³-hybridized carbons (Fsp3) is 0.294. The SMILES string of the molecule is Cn1cnc(S(=O)(=O)N2CCC[C@H]2c2nnc(C(=O)Nc3ccc(F)cc3F)s2)c1. The smallest absolute Gasteiger partial charge is 0.286 e. The van der Waals surface area contributed by atoms with E-state index in [-0.39, 0.29) is 15.7 Å². The summed E-state index contributed by atoms with van der Waals surface area (Å²) in [6.45, 7) is 0.297. The highest BCUT2D eigenvalue weighted by Crippen LogP contribution is 2.37. The number of hydrogen-bond acceptors (Lipinski definition) is 7. The maximum Gasteiger partial charge on any atom is 0.286 e. The highest BCUT2D eigenvalue weighted by atomic mass is 32.2. The third-order valence-electron chi connectivity index (χ3n) is 4.56. The molecule has 1 N–H and O–H groups in total. The van der Waals surface area contributed by atoms with Crippen LogP contribution in [0.5, 0.6) is 0 Å². The van der Waals surface area contributed by atoms with Crippen LogP contribution in [0.3, 0.4) is 0 Å². The molecule has 1 aliphatic rings. The number of sulfonamides is 1. The Morgan fingerprint density at radius 1 is 1.30 bits per heavy atom. The standard InChI is InChI=1S/C17H16F2N6O3S2/c1-24-8-14(20-9-24)30(27,28)25-6-2-3-13(25)16-22-23-17(29-16)15(26)21-12-5-4-10(18)7-11(12)19/h4-5,7-9,13H,2-3,6H2,1H3,(H,21,26)/t13-/m0/s1. The number of anilines is 1. The van der Waals surface area contributed by atoms with Crippen molar-refractivity contribution in [2.24, 2.45) is 7.05 Å². The zero-order valence-electron chi connectivity index (χ0n) is 15.6. The molecule has 2 aromatic heterocycles. The Labute approximate surface area is 174 Å². The molecule has 1 saturated heterocycles. The van der Waals surface area contributed by atoms with Gasteiger partial charge in [0.15, 0.2) is 5.03 Å². The number of benzene rings is 1. The minimum atomic E-state index is -3.83. The van der Waals surface area contributed by atoms with Crippen LogP contribution in [-0.4, -0.2) is 44.9 Å². The summed E-state index contributed by atoms with van der Waals surface area (Å²) in [7, 11) is -2.16. The van der Waals surface area contributed by atoms with E-state index in [1.54, 1.807) is 11.6 Å². The average molecular weight is 454 g/mol. The minimum Gasteiger partial charge on any atom is -0.339 e. The summed E-state index contributed by atoms with van der Waals surface area (Å²) in [6.07, 6.45) is 3.97. The third-order valence-corrected chi connectivity index (χ3v) is 7.37. The molecule has 13 heteroatoms. The fourth-order valence-electron chi connectivity index (χ4n) is 3.14. The van der Waals surface area contributed by atoms with Crippen LogP contribution >= 0.6 is 11.3 Å². The van der Waals surface area contributed by atoms with E-state index in [0.29, 0.717) is 30.5 Å². The molecule has 1 atom stereocenters. The molecule has 1 aliphatic heterocycles. The molecule has 3 aromatic rings. The van der Waals surface area contributed by atoms with Gasteiger partial charge in [-0.05, 0) is 25.0 Å². The predicted octanol–water partition coefficient (Wildman–Crippen LogP) is 2.33. The van der Waals surface area contributed by atoms with Crippen molar-refractivity contribution in [3.05, 3.63) is 52.4 Å². The monoisotopic (exact) mass is 454 g/mol. The van der Waals surface area contributed by atoms with Crippen LogP contribution in [0.25, 0.3) is 0 Å². The van der Waals surface area contributed by atoms with Gasteiger partial charge in [0.05, 0.1) is 18.1 Å². The summed E-state index contributed by atoms with van der Waals surface area (Å²) in [5.41, 5.74) is -0.196. The van der Waals surface area contributed by atoms with Crippen molar-refractivity contribution in [2.75, 3.05) is 11.9 Å². The summed E-state index contributed by atoms with van der Waals surface area (Å²) in [4.78, 5) is 16.3. The van der Waals surface area contributed by atoms with Crippen LogP contribution in [0.4, 0.5) is 14.5 Å². The minimum absolute atomic E-state index is 0.0594. The first-order chi connectivity index (χ1) is 14.3. The quantitative estimate of drug-likeness (QED) is 0.634. The molecule has 0 bridgehead atoms. The summed E-state index contributed by atoms with van der Waals surface area (Å²) in [5.74, 6) is -2.41. The van der Waals surface area contributed by atoms with Gasteiger partial charge in [-0.25, -0.2) is 22.2 Å². The van der Waals surface area contributed by atoms with E-state index in [1.807, 2.05) is 0 Å². The van der Waals surface area contributed by atoms with E-state index in [2.05, 4.69) is 20.5 Å². The lowest BCUT2D eigenvalue weighted by Crippen LogP contribution is -2.31. The molecular formula is C17H16F2N6O3S2. The normalized spacial score (nSPS) is 17.4. The molecule has 30 heavy (non-hydrogen) atoms. The van der Waals surface area contributed by atoms with Gasteiger partial charge in [-0.15, -0.1) is 10.2 Å². The second kappa shape index (κ2) is 7.81. The number of imidazole rings is 1. The van der Waals surface area contributed by atoms with Crippen molar-refractivity contribution in [1.29, 1.82) is 0 Å². The number of rotatable bonds is 5. The Hall–Kier alpha value is -2.77. The van der Waals surface area contributed by atoms with Gasteiger partial charge < -0.3 is 9.88 Å². The van der Waals surface area contributed by atoms with Crippen molar-refractivity contribution in [3.63, 3.8) is 0 Å². The summed E-state index contributed by atoms with van der Waals surface area (Å²) < 4.78 is 55.5. The maximum absolute atomic E-state index is 13.8. The van der Waals surface area contributed by atoms with Gasteiger partial charge in [-0.2, -0.15) is 4.31 Å². The number of hydrogen-bond donors (Lipinski definition) is 1. The highest BCUT2D eigenvalue weighted by molar-refractivity contribution is 7.89. The molecule has 1 aromatic carbocycles. The van der Waals surface area contributed by atoms with Gasteiger partial charge in [0.1, 0.15) is 16.6 Å². The van der Waals surface area contributed by atoms with Crippen molar-refractivity contribution in [1.82, 2.24) is 24.1 Å². The van der Waals surface area contributed by atoms with E-state index in [4.69, 9.17) is 0 Å². The first-order valence-electron chi connectivity index (χ1n) is 8.85. The highest BCUT2D eigenvalue weighted by Gasteiger charge is 2.39. The number of aromatic nitrogens is 4. The Morgan fingerprint density at radius 2 is 2.10 bits per heavy atom. The molecule has 4 rings (SSSR count). The van der Waals surface area contributed by atoms with Crippen molar-refractivity contribution in [2.45, 2.75) is 23.9 Å². The predicted molar refractivity (Wildman–Crippen MR) is 103 cm³/mol. The maximum atomic E-state index is 13.8. The molecular weight excluding hydrogens is 438 g/mol. The summed E-state index contributed by atoms with van der Waals surface area (Å²) >= 11 is 0.924. The van der Waals surface area contributed by atoms with Gasteiger partial charge in [-0.3, -0.25) is 4.79 Å². The average Bonchev–Trinajstić information content (AvgIpc) is 3.43. The third kappa shape index (κ3) is 3.82. The molecule has 1 fully saturated rings. The van der Waals surface area contributed by atoms with Gasteiger partial charge in [0.25, 0.3) is 15.9 Å². The first kappa shape index (κ1) is 20.5. The van der Waals surface area contributed by atoms with Crippen LogP contribution < -0.4 is 5.32 Å². The van der Waals surface area contributed by atoms with Gasteiger partial charge in [0, 0.05) is 25.9 Å². The second-order valence-corrected chi connectivity index (χ2v) is 9.52. The lowest BCUT2D eigenvalue weighted by atomic mass is 10.2. The van der Waals surface area contributed by atoms with Gasteiger partial charge >= 0.3 is 0 Å². The van der Waals surface area contributed by atoms with Gasteiger partial charge in [-0.1, -0.05) is 11.3 Å². The molecule has 0 radical (unpaired) electrons. The largest absolute Gasteiger partial charge is 0.339 e. The number of aryl methyl sites for hydroxylation is 1. The van der Waals surface area contributed by atoms with Gasteiger partial charge in [0.2, 0.25) is 5.01 Å². The Morgan fingerprint density at radius 3 is 2.80 bits per heavy atom. The van der Waals surface area contributed by atoms with Crippen LogP contribution in [0, 0.1) is 11.6 Å². The lowest BCUT2D eigenvalue weighted by Gasteiger charge is -2.20. The van der Waals surface area contributed by atoms with E-state index in [0.717, 1.165) is 23.5 Å². The number of carbonyl (C=O) groups is 1. The van der Waals surface area contributed by atoms with E-state index in [9.17, 15) is 22.0 Å². The van der Waals surface area contributed by atoms with E-state index >= 15 is 0 Å². The number of nitrogens with zero attached hydrogens (tertiary/aromatic N) is 5. The van der Waals surface area contributed by atoms with E-state index < -0.39 is 33.6 Å². The van der Waals surface area contributed by atoms with Crippen LogP contribution in [0.1, 0.15) is 33.7 Å². The molecule has 9 nitrogen and oxygen atoms in total. The van der Waals surface area contributed by atoms with Crippen LogP contribution in [0.15, 0.2) is 35.7 Å². The first-order valence-corrected chi connectivity index (χ1v) is 11.1. The molecule has 0 aliphatic carbocycles. The van der Waals surface area contributed by atoms with Crippen molar-refractivity contribution < 1.29 is 22.0 Å². The van der Waals surface area contributed by atoms with Crippen molar-refractivity contribution >= 4 is 33.0 Å². The van der Waals surface area contributed by atoms with Crippen molar-refractivity contribution in [3.8, 4) is 0 Å². The van der Waals surface area contributed by atoms with E-state index in [1.165, 1.54) is 16.8 Å². The molecule has 158 valence electrons. The zero-order valence-corrected chi connectivity index (χ0v) is 17.3. The Bertz CT molecular complexity index is 1210.